The lowest BCUT2D eigenvalue weighted by molar-refractivity contribution is 0.599. The van der Waals surface area contributed by atoms with Gasteiger partial charge < -0.3 is 9.88 Å². The predicted molar refractivity (Wildman–Crippen MR) is 86.2 cm³/mol. The van der Waals surface area contributed by atoms with Crippen LogP contribution in [0.2, 0.25) is 0 Å². The van der Waals surface area contributed by atoms with Gasteiger partial charge in [0, 0.05) is 6.54 Å². The van der Waals surface area contributed by atoms with E-state index in [9.17, 15) is 8.42 Å². The number of benzene rings is 1. The van der Waals surface area contributed by atoms with E-state index in [-0.39, 0.29) is 4.21 Å². The first-order chi connectivity index (χ1) is 10.5. The van der Waals surface area contributed by atoms with Crippen LogP contribution in [0.1, 0.15) is 12.7 Å². The summed E-state index contributed by atoms with van der Waals surface area (Å²) < 4.78 is 24.6. The Bertz CT molecular complexity index is 914. The summed E-state index contributed by atoms with van der Waals surface area (Å²) in [4.78, 5) is 8.61. The molecule has 22 heavy (non-hydrogen) atoms. The molecular weight excluding hydrogens is 322 g/mol. The number of para-hydroxylation sites is 2. The third kappa shape index (κ3) is 2.82. The summed E-state index contributed by atoms with van der Waals surface area (Å²) in [5.74, 6) is 0.871. The average molecular weight is 337 g/mol. The molecule has 3 rings (SSSR count). The molecule has 0 aliphatic rings. The number of rotatable bonds is 5. The summed E-state index contributed by atoms with van der Waals surface area (Å²) in [5.41, 5.74) is 2.01. The smallest absolute Gasteiger partial charge is 0.249 e. The molecule has 0 saturated carbocycles. The zero-order chi connectivity index (χ0) is 15.7. The summed E-state index contributed by atoms with van der Waals surface area (Å²) in [7, 11) is -3.70. The predicted octanol–water partition coefficient (Wildman–Crippen LogP) is 1.77. The molecule has 0 aliphatic heterocycles. The minimum Gasteiger partial charge on any atom is -0.354 e. The Kier molecular flexibility index (Phi) is 3.85. The van der Waals surface area contributed by atoms with E-state index in [1.807, 2.05) is 24.3 Å². The Morgan fingerprint density at radius 2 is 2.14 bits per heavy atom. The zero-order valence-electron chi connectivity index (χ0n) is 11.9. The van der Waals surface area contributed by atoms with Crippen molar-refractivity contribution in [1.82, 2.24) is 14.5 Å². The van der Waals surface area contributed by atoms with Gasteiger partial charge in [-0.15, -0.1) is 0 Å². The van der Waals surface area contributed by atoms with Crippen LogP contribution < -0.4 is 10.5 Å². The van der Waals surface area contributed by atoms with Crippen molar-refractivity contribution >= 4 is 37.5 Å². The molecule has 1 aromatic carbocycles. The summed E-state index contributed by atoms with van der Waals surface area (Å²) in [6.45, 7) is 3.32. The number of thiazole rings is 1. The zero-order valence-corrected chi connectivity index (χ0v) is 13.5. The summed E-state index contributed by atoms with van der Waals surface area (Å²) in [6, 6.07) is 7.92. The van der Waals surface area contributed by atoms with Gasteiger partial charge >= 0.3 is 0 Å². The highest BCUT2D eigenvalue weighted by atomic mass is 32.2. The molecule has 0 spiro atoms. The van der Waals surface area contributed by atoms with Crippen LogP contribution in [0.15, 0.2) is 34.7 Å². The van der Waals surface area contributed by atoms with Gasteiger partial charge in [-0.05, 0) is 19.1 Å². The van der Waals surface area contributed by atoms with Gasteiger partial charge in [0.1, 0.15) is 5.82 Å². The van der Waals surface area contributed by atoms with E-state index in [0.717, 1.165) is 34.7 Å². The van der Waals surface area contributed by atoms with Gasteiger partial charge in [0.2, 0.25) is 10.0 Å². The molecule has 2 heterocycles. The molecule has 0 radical (unpaired) electrons. The quantitative estimate of drug-likeness (QED) is 0.738. The molecule has 116 valence electrons. The molecule has 0 aliphatic carbocycles. The van der Waals surface area contributed by atoms with Gasteiger partial charge in [0.15, 0.2) is 9.34 Å². The van der Waals surface area contributed by atoms with E-state index in [1.54, 1.807) is 0 Å². The highest BCUT2D eigenvalue weighted by molar-refractivity contribution is 7.91. The van der Waals surface area contributed by atoms with Gasteiger partial charge in [0.05, 0.1) is 23.8 Å². The molecule has 0 atom stereocenters. The van der Waals surface area contributed by atoms with Gasteiger partial charge in [-0.2, -0.15) is 0 Å². The third-order valence-corrected chi connectivity index (χ3v) is 5.58. The summed E-state index contributed by atoms with van der Waals surface area (Å²) in [5, 5.41) is 8.66. The number of hydrogen-bond acceptors (Lipinski definition) is 6. The van der Waals surface area contributed by atoms with Crippen molar-refractivity contribution in [2.75, 3.05) is 5.32 Å². The van der Waals surface area contributed by atoms with Crippen molar-refractivity contribution in [3.8, 4) is 0 Å². The maximum Gasteiger partial charge on any atom is 0.249 e. The first kappa shape index (κ1) is 14.9. The fourth-order valence-corrected chi connectivity index (χ4v) is 3.69. The Morgan fingerprint density at radius 1 is 1.36 bits per heavy atom. The third-order valence-electron chi connectivity index (χ3n) is 3.21. The number of aromatic nitrogens is 3. The lowest BCUT2D eigenvalue weighted by atomic mass is 10.3. The maximum atomic E-state index is 11.2. The molecule has 0 bridgehead atoms. The van der Waals surface area contributed by atoms with Crippen molar-refractivity contribution in [1.29, 1.82) is 0 Å². The van der Waals surface area contributed by atoms with Crippen molar-refractivity contribution in [3.05, 3.63) is 36.3 Å². The number of hydrogen-bond donors (Lipinski definition) is 2. The minimum atomic E-state index is -3.70. The highest BCUT2D eigenvalue weighted by Crippen LogP contribution is 2.22. The number of sulfonamides is 1. The van der Waals surface area contributed by atoms with Crippen LogP contribution >= 0.6 is 11.3 Å². The number of nitrogens with two attached hydrogens (primary N) is 1. The first-order valence-corrected chi connectivity index (χ1v) is 9.02. The standard InChI is InChI=1S/C13H15N5O2S2/c1-2-18-10-6-4-3-5-9(10)17-11(18)7-15-13-16-8-12(21-13)22(14,19)20/h3-6,8H,2,7H2,1H3,(H,15,16)(H2,14,19,20). The van der Waals surface area contributed by atoms with E-state index < -0.39 is 10.0 Å². The van der Waals surface area contributed by atoms with Crippen molar-refractivity contribution in [2.24, 2.45) is 5.14 Å². The topological polar surface area (TPSA) is 103 Å². The van der Waals surface area contributed by atoms with E-state index in [0.29, 0.717) is 11.7 Å². The molecule has 3 aromatic rings. The molecule has 7 nitrogen and oxygen atoms in total. The van der Waals surface area contributed by atoms with Crippen LogP contribution in [0.5, 0.6) is 0 Å². The number of anilines is 1. The largest absolute Gasteiger partial charge is 0.354 e. The number of aryl methyl sites for hydroxylation is 1. The monoisotopic (exact) mass is 337 g/mol. The Labute approximate surface area is 131 Å². The number of nitrogens with one attached hydrogen (secondary N) is 1. The SMILES string of the molecule is CCn1c(CNc2ncc(S(N)(=O)=O)s2)nc2ccccc21. The molecule has 0 fully saturated rings. The lowest BCUT2D eigenvalue weighted by Gasteiger charge is -2.06. The second-order valence-corrected chi connectivity index (χ2v) is 7.46. The highest BCUT2D eigenvalue weighted by Gasteiger charge is 2.13. The van der Waals surface area contributed by atoms with Gasteiger partial charge in [-0.1, -0.05) is 23.5 Å². The molecular formula is C13H15N5O2S2. The van der Waals surface area contributed by atoms with Crippen LogP contribution in [-0.2, 0) is 23.1 Å². The number of nitrogens with zero attached hydrogens (tertiary/aromatic N) is 3. The number of imidazole rings is 1. The van der Waals surface area contributed by atoms with E-state index in [1.165, 1.54) is 6.20 Å². The summed E-state index contributed by atoms with van der Waals surface area (Å²) >= 11 is 1.01. The maximum absolute atomic E-state index is 11.2. The molecule has 9 heteroatoms. The van der Waals surface area contributed by atoms with Gasteiger partial charge in [0.25, 0.3) is 0 Å². The Hall–Kier alpha value is -1.97. The second kappa shape index (κ2) is 5.67. The fourth-order valence-electron chi connectivity index (χ4n) is 2.24. The lowest BCUT2D eigenvalue weighted by Crippen LogP contribution is -2.10. The Morgan fingerprint density at radius 3 is 2.82 bits per heavy atom. The van der Waals surface area contributed by atoms with E-state index >= 15 is 0 Å². The average Bonchev–Trinajstić information content (AvgIpc) is 3.08. The molecule has 0 unspecified atom stereocenters. The van der Waals surface area contributed by atoms with Crippen LogP contribution in [0.25, 0.3) is 11.0 Å². The Balaban J connectivity index is 1.83. The minimum absolute atomic E-state index is 0.0407. The second-order valence-electron chi connectivity index (χ2n) is 4.64. The van der Waals surface area contributed by atoms with Crippen LogP contribution in [0.4, 0.5) is 5.13 Å². The molecule has 0 saturated heterocycles. The van der Waals surface area contributed by atoms with Crippen LogP contribution in [0, 0.1) is 0 Å². The number of primary sulfonamides is 1. The van der Waals surface area contributed by atoms with Crippen molar-refractivity contribution < 1.29 is 8.42 Å². The summed E-state index contributed by atoms with van der Waals surface area (Å²) in [6.07, 6.45) is 1.26. The van der Waals surface area contributed by atoms with Crippen molar-refractivity contribution in [3.63, 3.8) is 0 Å². The molecule has 2 aromatic heterocycles. The first-order valence-electron chi connectivity index (χ1n) is 6.65. The van der Waals surface area contributed by atoms with E-state index in [2.05, 4.69) is 26.8 Å². The van der Waals surface area contributed by atoms with Gasteiger partial charge in [-0.3, -0.25) is 0 Å². The van der Waals surface area contributed by atoms with E-state index in [4.69, 9.17) is 5.14 Å². The fraction of sp³-hybridized carbons (Fsp3) is 0.231. The van der Waals surface area contributed by atoms with Crippen LogP contribution in [0.3, 0.4) is 0 Å². The molecule has 0 amide bonds. The van der Waals surface area contributed by atoms with Crippen molar-refractivity contribution in [2.45, 2.75) is 24.2 Å². The number of fused-ring (bicyclic) bond motifs is 1. The van der Waals surface area contributed by atoms with Crippen LogP contribution in [-0.4, -0.2) is 23.0 Å². The normalized spacial score (nSPS) is 11.9. The van der Waals surface area contributed by atoms with Gasteiger partial charge in [-0.25, -0.2) is 23.5 Å². The molecule has 3 N–H and O–H groups in total.